The highest BCUT2D eigenvalue weighted by Crippen LogP contribution is 2.35. The van der Waals surface area contributed by atoms with E-state index in [2.05, 4.69) is 15.9 Å². The van der Waals surface area contributed by atoms with Crippen LogP contribution in [0, 0.1) is 5.92 Å². The number of hydrogen-bond donors (Lipinski definition) is 1. The quantitative estimate of drug-likeness (QED) is 0.854. The normalized spacial score (nSPS) is 19.9. The highest BCUT2D eigenvalue weighted by molar-refractivity contribution is 9.10. The van der Waals surface area contributed by atoms with E-state index < -0.39 is 0 Å². The van der Waals surface area contributed by atoms with Gasteiger partial charge in [0.15, 0.2) is 0 Å². The van der Waals surface area contributed by atoms with Crippen molar-refractivity contribution in [3.63, 3.8) is 0 Å². The first kappa shape index (κ1) is 10.2. The van der Waals surface area contributed by atoms with Gasteiger partial charge in [-0.1, -0.05) is 40.9 Å². The van der Waals surface area contributed by atoms with Gasteiger partial charge in [-0.05, 0) is 36.5 Å². The maximum absolute atomic E-state index is 10.1. The lowest BCUT2D eigenvalue weighted by molar-refractivity contribution is 0.111. The summed E-state index contributed by atoms with van der Waals surface area (Å²) in [5, 5.41) is 10.1. The zero-order valence-corrected chi connectivity index (χ0v) is 9.70. The summed E-state index contributed by atoms with van der Waals surface area (Å²) in [6.45, 7) is 0. The smallest absolute Gasteiger partial charge is 0.0818 e. The molecule has 1 aromatic rings. The van der Waals surface area contributed by atoms with E-state index in [-0.39, 0.29) is 6.10 Å². The molecule has 0 radical (unpaired) electrons. The van der Waals surface area contributed by atoms with Crippen LogP contribution >= 0.6 is 15.9 Å². The van der Waals surface area contributed by atoms with E-state index in [1.807, 2.05) is 24.3 Å². The van der Waals surface area contributed by atoms with Crippen LogP contribution in [0.3, 0.4) is 0 Å². The van der Waals surface area contributed by atoms with Crippen LogP contribution in [-0.4, -0.2) is 5.11 Å². The third-order valence-electron chi connectivity index (χ3n) is 3.06. The van der Waals surface area contributed by atoms with Gasteiger partial charge in [-0.25, -0.2) is 0 Å². The average molecular weight is 255 g/mol. The first-order valence-corrected chi connectivity index (χ1v) is 6.00. The van der Waals surface area contributed by atoms with Crippen molar-refractivity contribution in [2.24, 2.45) is 5.92 Å². The predicted octanol–water partition coefficient (Wildman–Crippen LogP) is 3.67. The minimum atomic E-state index is -0.259. The van der Waals surface area contributed by atoms with Gasteiger partial charge in [-0.15, -0.1) is 0 Å². The standard InChI is InChI=1S/C12H15BrO/c13-11-7-5-10(6-8-11)12(14)9-3-1-2-4-9/h5-9,12,14H,1-4H2/t12-/m1/s1. The Hall–Kier alpha value is -0.340. The third-order valence-corrected chi connectivity index (χ3v) is 3.59. The highest BCUT2D eigenvalue weighted by Gasteiger charge is 2.23. The molecule has 1 atom stereocenters. The fourth-order valence-electron chi connectivity index (χ4n) is 2.21. The molecule has 0 bridgehead atoms. The van der Waals surface area contributed by atoms with Crippen molar-refractivity contribution < 1.29 is 5.11 Å². The zero-order chi connectivity index (χ0) is 9.97. The van der Waals surface area contributed by atoms with Gasteiger partial charge in [0, 0.05) is 4.47 Å². The molecule has 2 heteroatoms. The first-order valence-electron chi connectivity index (χ1n) is 5.21. The van der Waals surface area contributed by atoms with E-state index in [4.69, 9.17) is 0 Å². The van der Waals surface area contributed by atoms with Crippen molar-refractivity contribution in [1.82, 2.24) is 0 Å². The van der Waals surface area contributed by atoms with Crippen molar-refractivity contribution in [2.75, 3.05) is 0 Å². The summed E-state index contributed by atoms with van der Waals surface area (Å²) in [7, 11) is 0. The average Bonchev–Trinajstić information content (AvgIpc) is 2.71. The van der Waals surface area contributed by atoms with Crippen LogP contribution in [0.25, 0.3) is 0 Å². The number of aliphatic hydroxyl groups is 1. The minimum absolute atomic E-state index is 0.259. The fourth-order valence-corrected chi connectivity index (χ4v) is 2.47. The Labute approximate surface area is 93.3 Å². The second-order valence-electron chi connectivity index (χ2n) is 4.04. The Morgan fingerprint density at radius 1 is 1.14 bits per heavy atom. The van der Waals surface area contributed by atoms with Gasteiger partial charge in [-0.3, -0.25) is 0 Å². The van der Waals surface area contributed by atoms with Gasteiger partial charge in [-0.2, -0.15) is 0 Å². The van der Waals surface area contributed by atoms with Crippen molar-refractivity contribution in [2.45, 2.75) is 31.8 Å². The molecule has 76 valence electrons. The molecule has 1 aliphatic carbocycles. The molecular formula is C12H15BrO. The van der Waals surface area contributed by atoms with Crippen LogP contribution in [0.1, 0.15) is 37.4 Å². The number of halogens is 1. The number of aliphatic hydroxyl groups excluding tert-OH is 1. The Kier molecular flexibility index (Phi) is 3.24. The van der Waals surface area contributed by atoms with Crippen molar-refractivity contribution in [1.29, 1.82) is 0 Å². The van der Waals surface area contributed by atoms with E-state index in [1.54, 1.807) is 0 Å². The molecule has 0 heterocycles. The molecule has 1 aliphatic rings. The van der Waals surface area contributed by atoms with E-state index in [0.29, 0.717) is 5.92 Å². The lowest BCUT2D eigenvalue weighted by atomic mass is 9.95. The van der Waals surface area contributed by atoms with Crippen LogP contribution in [0.2, 0.25) is 0 Å². The Morgan fingerprint density at radius 2 is 1.71 bits per heavy atom. The van der Waals surface area contributed by atoms with E-state index in [1.165, 1.54) is 25.7 Å². The summed E-state index contributed by atoms with van der Waals surface area (Å²) >= 11 is 3.40. The lowest BCUT2D eigenvalue weighted by Gasteiger charge is -2.17. The van der Waals surface area contributed by atoms with E-state index >= 15 is 0 Å². The van der Waals surface area contributed by atoms with Gasteiger partial charge in [0.2, 0.25) is 0 Å². The SMILES string of the molecule is O[C@@H](c1ccc(Br)cc1)C1CCCC1. The van der Waals surface area contributed by atoms with Gasteiger partial charge >= 0.3 is 0 Å². The first-order chi connectivity index (χ1) is 6.77. The second kappa shape index (κ2) is 4.45. The molecule has 0 aromatic heterocycles. The third kappa shape index (κ3) is 2.18. The van der Waals surface area contributed by atoms with Crippen LogP contribution < -0.4 is 0 Å². The fraction of sp³-hybridized carbons (Fsp3) is 0.500. The second-order valence-corrected chi connectivity index (χ2v) is 4.96. The molecule has 1 nitrogen and oxygen atoms in total. The number of hydrogen-bond acceptors (Lipinski definition) is 1. The zero-order valence-electron chi connectivity index (χ0n) is 8.12. The number of rotatable bonds is 2. The maximum atomic E-state index is 10.1. The van der Waals surface area contributed by atoms with Crippen LogP contribution in [0.4, 0.5) is 0 Å². The van der Waals surface area contributed by atoms with Crippen LogP contribution in [0.5, 0.6) is 0 Å². The molecule has 1 saturated carbocycles. The van der Waals surface area contributed by atoms with E-state index in [0.717, 1.165) is 10.0 Å². The molecule has 2 rings (SSSR count). The van der Waals surface area contributed by atoms with Crippen molar-refractivity contribution in [3.05, 3.63) is 34.3 Å². The monoisotopic (exact) mass is 254 g/mol. The van der Waals surface area contributed by atoms with Crippen LogP contribution in [0.15, 0.2) is 28.7 Å². The Balaban J connectivity index is 2.09. The Morgan fingerprint density at radius 3 is 2.29 bits per heavy atom. The van der Waals surface area contributed by atoms with Crippen molar-refractivity contribution >= 4 is 15.9 Å². The molecule has 14 heavy (non-hydrogen) atoms. The predicted molar refractivity (Wildman–Crippen MR) is 61.1 cm³/mol. The molecular weight excluding hydrogens is 240 g/mol. The van der Waals surface area contributed by atoms with Crippen molar-refractivity contribution in [3.8, 4) is 0 Å². The number of benzene rings is 1. The lowest BCUT2D eigenvalue weighted by Crippen LogP contribution is -2.08. The minimum Gasteiger partial charge on any atom is -0.388 e. The van der Waals surface area contributed by atoms with E-state index in [9.17, 15) is 5.11 Å². The van der Waals surface area contributed by atoms with Crippen LogP contribution in [-0.2, 0) is 0 Å². The summed E-state index contributed by atoms with van der Waals surface area (Å²) in [6.07, 6.45) is 4.65. The molecule has 1 N–H and O–H groups in total. The Bertz CT molecular complexity index is 288. The molecule has 0 saturated heterocycles. The molecule has 0 amide bonds. The summed E-state index contributed by atoms with van der Waals surface area (Å²) in [5.74, 6) is 0.483. The summed E-state index contributed by atoms with van der Waals surface area (Å²) in [6, 6.07) is 8.00. The molecule has 1 aromatic carbocycles. The maximum Gasteiger partial charge on any atom is 0.0818 e. The molecule has 1 fully saturated rings. The summed E-state index contributed by atoms with van der Waals surface area (Å²) in [5.41, 5.74) is 1.06. The topological polar surface area (TPSA) is 20.2 Å². The molecule has 0 aliphatic heterocycles. The van der Waals surface area contributed by atoms with Gasteiger partial charge in [0.05, 0.1) is 6.10 Å². The summed E-state index contributed by atoms with van der Waals surface area (Å²) in [4.78, 5) is 0. The van der Waals surface area contributed by atoms with Gasteiger partial charge in [0.25, 0.3) is 0 Å². The van der Waals surface area contributed by atoms with Gasteiger partial charge in [0.1, 0.15) is 0 Å². The highest BCUT2D eigenvalue weighted by atomic mass is 79.9. The molecule has 0 spiro atoms. The largest absolute Gasteiger partial charge is 0.388 e. The molecule has 0 unspecified atom stereocenters. The summed E-state index contributed by atoms with van der Waals surface area (Å²) < 4.78 is 1.07. The van der Waals surface area contributed by atoms with Gasteiger partial charge < -0.3 is 5.11 Å².